The van der Waals surface area contributed by atoms with Crippen LogP contribution < -0.4 is 5.32 Å². The van der Waals surface area contributed by atoms with Crippen LogP contribution >= 0.6 is 0 Å². The standard InChI is InChI=1S/C13H17N/c1-9-11-7-6-10-4-2-3-5-12(10)13(11)8-14-9/h2-5,9,11,13-14H,6-8H2,1H3. The Morgan fingerprint density at radius 2 is 2.14 bits per heavy atom. The fraction of sp³-hybridized carbons (Fsp3) is 0.538. The first-order chi connectivity index (χ1) is 6.86. The predicted molar refractivity (Wildman–Crippen MR) is 58.5 cm³/mol. The van der Waals surface area contributed by atoms with E-state index in [0.717, 1.165) is 11.8 Å². The summed E-state index contributed by atoms with van der Waals surface area (Å²) in [4.78, 5) is 0. The van der Waals surface area contributed by atoms with Crippen molar-refractivity contribution >= 4 is 0 Å². The largest absolute Gasteiger partial charge is 0.313 e. The molecule has 1 aromatic carbocycles. The maximum Gasteiger partial charge on any atom is 0.00736 e. The Hall–Kier alpha value is -0.820. The summed E-state index contributed by atoms with van der Waals surface area (Å²) in [6.07, 6.45) is 2.65. The van der Waals surface area contributed by atoms with Crippen molar-refractivity contribution in [2.75, 3.05) is 6.54 Å². The third-order valence-electron chi connectivity index (χ3n) is 4.02. The van der Waals surface area contributed by atoms with Crippen LogP contribution in [0.3, 0.4) is 0 Å². The van der Waals surface area contributed by atoms with Gasteiger partial charge in [-0.25, -0.2) is 0 Å². The lowest BCUT2D eigenvalue weighted by Gasteiger charge is -2.29. The molecule has 0 radical (unpaired) electrons. The van der Waals surface area contributed by atoms with Crippen LogP contribution in [0.4, 0.5) is 0 Å². The number of hydrogen-bond acceptors (Lipinski definition) is 1. The van der Waals surface area contributed by atoms with Crippen LogP contribution in [0.2, 0.25) is 0 Å². The summed E-state index contributed by atoms with van der Waals surface area (Å²) in [5.74, 6) is 1.67. The Morgan fingerprint density at radius 3 is 3.07 bits per heavy atom. The predicted octanol–water partition coefficient (Wildman–Crippen LogP) is 2.32. The number of nitrogens with one attached hydrogen (secondary N) is 1. The topological polar surface area (TPSA) is 12.0 Å². The summed E-state index contributed by atoms with van der Waals surface area (Å²) in [7, 11) is 0. The minimum Gasteiger partial charge on any atom is -0.313 e. The molecule has 3 unspecified atom stereocenters. The molecule has 1 nitrogen and oxygen atoms in total. The average molecular weight is 187 g/mol. The van der Waals surface area contributed by atoms with Gasteiger partial charge in [-0.05, 0) is 36.8 Å². The lowest BCUT2D eigenvalue weighted by atomic mass is 9.75. The summed E-state index contributed by atoms with van der Waals surface area (Å²) in [5.41, 5.74) is 3.20. The summed E-state index contributed by atoms with van der Waals surface area (Å²) < 4.78 is 0. The Bertz CT molecular complexity index is 345. The van der Waals surface area contributed by atoms with E-state index < -0.39 is 0 Å². The molecule has 2 aliphatic rings. The molecule has 1 aliphatic carbocycles. The minimum atomic E-state index is 0.716. The van der Waals surface area contributed by atoms with Gasteiger partial charge in [0.25, 0.3) is 0 Å². The quantitative estimate of drug-likeness (QED) is 0.657. The molecule has 0 amide bonds. The first-order valence-corrected chi connectivity index (χ1v) is 5.67. The van der Waals surface area contributed by atoms with E-state index >= 15 is 0 Å². The number of rotatable bonds is 0. The molecular weight excluding hydrogens is 170 g/mol. The molecule has 0 spiro atoms. The molecule has 1 saturated heterocycles. The summed E-state index contributed by atoms with van der Waals surface area (Å²) >= 11 is 0. The zero-order chi connectivity index (χ0) is 9.54. The SMILES string of the molecule is CC1NCC2c3ccccc3CCC12. The molecule has 1 N–H and O–H groups in total. The number of hydrogen-bond donors (Lipinski definition) is 1. The Kier molecular flexibility index (Phi) is 1.88. The van der Waals surface area contributed by atoms with Crippen LogP contribution in [0.5, 0.6) is 0 Å². The molecule has 3 rings (SSSR count). The lowest BCUT2D eigenvalue weighted by molar-refractivity contribution is 0.392. The van der Waals surface area contributed by atoms with Crippen LogP contribution in [0.15, 0.2) is 24.3 Å². The van der Waals surface area contributed by atoms with E-state index in [1.807, 2.05) is 0 Å². The van der Waals surface area contributed by atoms with Gasteiger partial charge in [0.15, 0.2) is 0 Å². The lowest BCUT2D eigenvalue weighted by Crippen LogP contribution is -2.25. The Balaban J connectivity index is 2.03. The van der Waals surface area contributed by atoms with Gasteiger partial charge in [0.1, 0.15) is 0 Å². The summed E-state index contributed by atoms with van der Waals surface area (Å²) in [5, 5.41) is 3.60. The zero-order valence-electron chi connectivity index (χ0n) is 8.66. The fourth-order valence-corrected chi connectivity index (χ4v) is 3.20. The molecule has 3 atom stereocenters. The third-order valence-corrected chi connectivity index (χ3v) is 4.02. The Labute approximate surface area is 85.5 Å². The van der Waals surface area contributed by atoms with Gasteiger partial charge in [0, 0.05) is 18.5 Å². The van der Waals surface area contributed by atoms with E-state index in [-0.39, 0.29) is 0 Å². The van der Waals surface area contributed by atoms with Crippen molar-refractivity contribution in [2.24, 2.45) is 5.92 Å². The van der Waals surface area contributed by atoms with Crippen molar-refractivity contribution in [1.29, 1.82) is 0 Å². The van der Waals surface area contributed by atoms with E-state index in [1.165, 1.54) is 19.4 Å². The number of aryl methyl sites for hydroxylation is 1. The van der Waals surface area contributed by atoms with Crippen molar-refractivity contribution in [3.8, 4) is 0 Å². The van der Waals surface area contributed by atoms with E-state index in [2.05, 4.69) is 36.5 Å². The molecule has 1 heteroatoms. The highest BCUT2D eigenvalue weighted by Crippen LogP contribution is 2.40. The molecular formula is C13H17N. The summed E-state index contributed by atoms with van der Waals surface area (Å²) in [6, 6.07) is 9.70. The molecule has 74 valence electrons. The van der Waals surface area contributed by atoms with Crippen LogP contribution in [0.25, 0.3) is 0 Å². The van der Waals surface area contributed by atoms with Crippen molar-refractivity contribution in [3.63, 3.8) is 0 Å². The average Bonchev–Trinajstić information content (AvgIpc) is 2.61. The molecule has 1 aromatic rings. The van der Waals surface area contributed by atoms with E-state index in [1.54, 1.807) is 11.1 Å². The summed E-state index contributed by atoms with van der Waals surface area (Å²) in [6.45, 7) is 3.52. The van der Waals surface area contributed by atoms with Gasteiger partial charge in [0.2, 0.25) is 0 Å². The van der Waals surface area contributed by atoms with Crippen LogP contribution in [0, 0.1) is 5.92 Å². The van der Waals surface area contributed by atoms with Gasteiger partial charge >= 0.3 is 0 Å². The van der Waals surface area contributed by atoms with Gasteiger partial charge in [-0.2, -0.15) is 0 Å². The van der Waals surface area contributed by atoms with Gasteiger partial charge < -0.3 is 5.32 Å². The fourth-order valence-electron chi connectivity index (χ4n) is 3.20. The highest BCUT2D eigenvalue weighted by atomic mass is 15.0. The van der Waals surface area contributed by atoms with Crippen molar-refractivity contribution in [2.45, 2.75) is 31.7 Å². The molecule has 14 heavy (non-hydrogen) atoms. The second-order valence-corrected chi connectivity index (χ2v) is 4.70. The van der Waals surface area contributed by atoms with E-state index in [4.69, 9.17) is 0 Å². The monoisotopic (exact) mass is 187 g/mol. The maximum absolute atomic E-state index is 3.60. The molecule has 1 fully saturated rings. The van der Waals surface area contributed by atoms with E-state index in [0.29, 0.717) is 6.04 Å². The second-order valence-electron chi connectivity index (χ2n) is 4.70. The molecule has 1 heterocycles. The van der Waals surface area contributed by atoms with Gasteiger partial charge in [-0.3, -0.25) is 0 Å². The van der Waals surface area contributed by atoms with Crippen molar-refractivity contribution < 1.29 is 0 Å². The second kappa shape index (κ2) is 3.09. The van der Waals surface area contributed by atoms with Crippen molar-refractivity contribution in [3.05, 3.63) is 35.4 Å². The van der Waals surface area contributed by atoms with Gasteiger partial charge in [0.05, 0.1) is 0 Å². The van der Waals surface area contributed by atoms with Gasteiger partial charge in [-0.15, -0.1) is 0 Å². The molecule has 0 saturated carbocycles. The highest BCUT2D eigenvalue weighted by molar-refractivity contribution is 5.35. The molecule has 0 aromatic heterocycles. The van der Waals surface area contributed by atoms with E-state index in [9.17, 15) is 0 Å². The smallest absolute Gasteiger partial charge is 0.00736 e. The molecule has 0 bridgehead atoms. The van der Waals surface area contributed by atoms with Gasteiger partial charge in [-0.1, -0.05) is 24.3 Å². The van der Waals surface area contributed by atoms with Crippen LogP contribution in [-0.4, -0.2) is 12.6 Å². The van der Waals surface area contributed by atoms with Crippen LogP contribution in [0.1, 0.15) is 30.4 Å². The first kappa shape index (κ1) is 8.49. The number of benzene rings is 1. The third kappa shape index (κ3) is 1.12. The number of fused-ring (bicyclic) bond motifs is 3. The first-order valence-electron chi connectivity index (χ1n) is 5.67. The van der Waals surface area contributed by atoms with Crippen molar-refractivity contribution in [1.82, 2.24) is 5.32 Å². The van der Waals surface area contributed by atoms with Crippen LogP contribution in [-0.2, 0) is 6.42 Å². The normalized spacial score (nSPS) is 35.1. The molecule has 1 aliphatic heterocycles. The Morgan fingerprint density at radius 1 is 1.29 bits per heavy atom. The minimum absolute atomic E-state index is 0.716. The highest BCUT2D eigenvalue weighted by Gasteiger charge is 2.37. The maximum atomic E-state index is 3.60. The zero-order valence-corrected chi connectivity index (χ0v) is 8.66.